The van der Waals surface area contributed by atoms with Gasteiger partial charge in [0.1, 0.15) is 13.2 Å². The van der Waals surface area contributed by atoms with E-state index in [2.05, 4.69) is 50.2 Å². The Morgan fingerprint density at radius 2 is 1.39 bits per heavy atom. The minimum absolute atomic E-state index is 0. The van der Waals surface area contributed by atoms with Crippen molar-refractivity contribution < 1.29 is 22.2 Å². The van der Waals surface area contributed by atoms with Gasteiger partial charge >= 0.3 is 5.97 Å². The molecule has 0 spiro atoms. The summed E-state index contributed by atoms with van der Waals surface area (Å²) >= 11 is 0. The maximum atomic E-state index is 13.0. The third-order valence-electron chi connectivity index (χ3n) is 10.1. The van der Waals surface area contributed by atoms with E-state index >= 15 is 0 Å². The molecule has 4 nitrogen and oxygen atoms in total. The SMILES string of the molecule is CCCCCC1CCC(c2ccc(C(=O)OCC(OOCc3ccc(C4CCC(C)CC4)cc3)c3ccccc3)cc2)CC1.[HH].[HH]. The van der Waals surface area contributed by atoms with Crippen molar-refractivity contribution in [3.63, 3.8) is 0 Å². The number of carbonyl (C=O) groups excluding carboxylic acids is 1. The van der Waals surface area contributed by atoms with Crippen LogP contribution >= 0.6 is 0 Å². The Bertz CT molecular complexity index is 1250. The minimum atomic E-state index is -0.518. The summed E-state index contributed by atoms with van der Waals surface area (Å²) in [6, 6.07) is 26.6. The minimum Gasteiger partial charge on any atom is -0.459 e. The van der Waals surface area contributed by atoms with E-state index in [0.717, 1.165) is 23.0 Å². The van der Waals surface area contributed by atoms with Crippen molar-refractivity contribution in [2.24, 2.45) is 11.8 Å². The van der Waals surface area contributed by atoms with Gasteiger partial charge in [0.25, 0.3) is 0 Å². The number of ether oxygens (including phenoxy) is 1. The molecule has 0 aliphatic heterocycles. The molecule has 1 atom stereocenters. The highest BCUT2D eigenvalue weighted by Gasteiger charge is 2.23. The molecule has 4 heteroatoms. The molecule has 0 aromatic heterocycles. The van der Waals surface area contributed by atoms with Crippen molar-refractivity contribution in [2.75, 3.05) is 6.61 Å². The van der Waals surface area contributed by atoms with Crippen molar-refractivity contribution in [3.05, 3.63) is 107 Å². The highest BCUT2D eigenvalue weighted by molar-refractivity contribution is 5.89. The van der Waals surface area contributed by atoms with Gasteiger partial charge in [-0.05, 0) is 96.6 Å². The van der Waals surface area contributed by atoms with Crippen LogP contribution < -0.4 is 0 Å². The van der Waals surface area contributed by atoms with E-state index in [4.69, 9.17) is 14.5 Å². The predicted octanol–water partition coefficient (Wildman–Crippen LogP) is 11.4. The van der Waals surface area contributed by atoms with Gasteiger partial charge in [-0.25, -0.2) is 14.6 Å². The highest BCUT2D eigenvalue weighted by atomic mass is 17.2. The van der Waals surface area contributed by atoms with Gasteiger partial charge in [-0.3, -0.25) is 0 Å². The fourth-order valence-electron chi connectivity index (χ4n) is 7.10. The maximum absolute atomic E-state index is 13.0. The maximum Gasteiger partial charge on any atom is 0.338 e. The second kappa shape index (κ2) is 16.9. The lowest BCUT2D eigenvalue weighted by molar-refractivity contribution is -0.340. The molecule has 1 unspecified atom stereocenters. The van der Waals surface area contributed by atoms with E-state index in [0.29, 0.717) is 24.0 Å². The van der Waals surface area contributed by atoms with Gasteiger partial charge in [0.15, 0.2) is 6.10 Å². The summed E-state index contributed by atoms with van der Waals surface area (Å²) in [5.74, 6) is 2.68. The molecule has 0 N–H and O–H groups in total. The Morgan fingerprint density at radius 3 is 2.02 bits per heavy atom. The zero-order chi connectivity index (χ0) is 30.6. The van der Waals surface area contributed by atoms with Crippen LogP contribution in [0, 0.1) is 11.8 Å². The zero-order valence-electron chi connectivity index (χ0n) is 26.9. The Morgan fingerprint density at radius 1 is 0.773 bits per heavy atom. The summed E-state index contributed by atoms with van der Waals surface area (Å²) in [4.78, 5) is 24.5. The fourth-order valence-corrected chi connectivity index (χ4v) is 7.10. The summed E-state index contributed by atoms with van der Waals surface area (Å²) in [5, 5.41) is 0. The Balaban J connectivity index is 0.00000288. The summed E-state index contributed by atoms with van der Waals surface area (Å²) in [7, 11) is 0. The van der Waals surface area contributed by atoms with E-state index in [9.17, 15) is 4.79 Å². The third-order valence-corrected chi connectivity index (χ3v) is 10.1. The first kappa shape index (κ1) is 32.4. The standard InChI is InChI=1S/C40H52O4.2H2/c1-3-4-6-9-31-14-20-34(21-15-31)36-24-26-38(27-25-36)40(41)42-29-39(37-10-7-5-8-11-37)44-43-28-32-16-22-35(23-17-32)33-18-12-30(2)13-19-33;;/h5,7-8,10-11,16-17,22-27,30-31,33-34,39H,3-4,6,9,12-15,18-21,28-29H2,1-2H3;2*1H. The Hall–Kier alpha value is -2.95. The molecule has 2 aliphatic carbocycles. The quantitative estimate of drug-likeness (QED) is 0.0799. The first-order valence-corrected chi connectivity index (χ1v) is 17.3. The fraction of sp³-hybridized carbons (Fsp3) is 0.525. The molecule has 0 amide bonds. The molecule has 0 radical (unpaired) electrons. The molecule has 240 valence electrons. The zero-order valence-corrected chi connectivity index (χ0v) is 26.9. The van der Waals surface area contributed by atoms with E-state index in [1.165, 1.54) is 88.2 Å². The monoisotopic (exact) mass is 600 g/mol. The van der Waals surface area contributed by atoms with Crippen LogP contribution in [0.25, 0.3) is 0 Å². The molecule has 3 aromatic carbocycles. The number of benzene rings is 3. The smallest absolute Gasteiger partial charge is 0.338 e. The van der Waals surface area contributed by atoms with Crippen molar-refractivity contribution in [1.29, 1.82) is 0 Å². The molecule has 2 fully saturated rings. The lowest BCUT2D eigenvalue weighted by atomic mass is 9.77. The molecule has 0 heterocycles. The largest absolute Gasteiger partial charge is 0.459 e. The van der Waals surface area contributed by atoms with Crippen molar-refractivity contribution in [2.45, 2.75) is 115 Å². The van der Waals surface area contributed by atoms with Crippen LogP contribution in [0.5, 0.6) is 0 Å². The van der Waals surface area contributed by atoms with Gasteiger partial charge < -0.3 is 4.74 Å². The number of hydrogen-bond donors (Lipinski definition) is 0. The van der Waals surface area contributed by atoms with Gasteiger partial charge in [-0.15, -0.1) is 0 Å². The lowest BCUT2D eigenvalue weighted by Crippen LogP contribution is -2.16. The van der Waals surface area contributed by atoms with Crippen molar-refractivity contribution in [3.8, 4) is 0 Å². The highest BCUT2D eigenvalue weighted by Crippen LogP contribution is 2.38. The van der Waals surface area contributed by atoms with Gasteiger partial charge in [0, 0.05) is 2.85 Å². The van der Waals surface area contributed by atoms with Gasteiger partial charge in [0.2, 0.25) is 0 Å². The summed E-state index contributed by atoms with van der Waals surface area (Å²) in [6.45, 7) is 5.05. The molecule has 3 aromatic rings. The van der Waals surface area contributed by atoms with Crippen LogP contribution in [-0.2, 0) is 21.1 Å². The molecule has 2 aliphatic rings. The van der Waals surface area contributed by atoms with E-state index < -0.39 is 6.10 Å². The average molecular weight is 601 g/mol. The second-order valence-corrected chi connectivity index (χ2v) is 13.4. The van der Waals surface area contributed by atoms with Gasteiger partial charge in [0.05, 0.1) is 5.56 Å². The topological polar surface area (TPSA) is 44.8 Å². The second-order valence-electron chi connectivity index (χ2n) is 13.4. The molecular weight excluding hydrogens is 544 g/mol. The summed E-state index contributed by atoms with van der Waals surface area (Å²) in [5.41, 5.74) is 5.31. The number of esters is 1. The van der Waals surface area contributed by atoms with Crippen LogP contribution in [0.15, 0.2) is 78.9 Å². The molecular formula is C40H56O4. The first-order chi connectivity index (χ1) is 21.6. The predicted molar refractivity (Wildman–Crippen MR) is 182 cm³/mol. The molecule has 5 rings (SSSR count). The van der Waals surface area contributed by atoms with Crippen LogP contribution in [0.2, 0.25) is 0 Å². The summed E-state index contributed by atoms with van der Waals surface area (Å²) in [6.07, 6.45) is 15.2. The number of hydrogen-bond acceptors (Lipinski definition) is 4. The summed E-state index contributed by atoms with van der Waals surface area (Å²) < 4.78 is 5.74. The number of unbranched alkanes of at least 4 members (excludes halogenated alkanes) is 2. The van der Waals surface area contributed by atoms with Gasteiger partial charge in [-0.2, -0.15) is 0 Å². The van der Waals surface area contributed by atoms with Crippen LogP contribution in [0.4, 0.5) is 0 Å². The average Bonchev–Trinajstić information content (AvgIpc) is 3.08. The third kappa shape index (κ3) is 9.52. The van der Waals surface area contributed by atoms with E-state index in [-0.39, 0.29) is 15.4 Å². The number of carbonyl (C=O) groups is 1. The Labute approximate surface area is 268 Å². The molecule has 0 saturated heterocycles. The van der Waals surface area contributed by atoms with Crippen LogP contribution in [0.3, 0.4) is 0 Å². The molecule has 44 heavy (non-hydrogen) atoms. The first-order valence-electron chi connectivity index (χ1n) is 17.3. The van der Waals surface area contributed by atoms with Crippen LogP contribution in [-0.4, -0.2) is 12.6 Å². The van der Waals surface area contributed by atoms with E-state index in [1.54, 1.807) is 0 Å². The Kier molecular flexibility index (Phi) is 12.5. The van der Waals surface area contributed by atoms with Crippen molar-refractivity contribution >= 4 is 5.97 Å². The number of rotatable bonds is 14. The molecule has 2 saturated carbocycles. The van der Waals surface area contributed by atoms with E-state index in [1.807, 2.05) is 42.5 Å². The normalized spacial score (nSPS) is 22.8. The van der Waals surface area contributed by atoms with Crippen LogP contribution in [0.1, 0.15) is 144 Å². The van der Waals surface area contributed by atoms with Crippen molar-refractivity contribution in [1.82, 2.24) is 0 Å². The van der Waals surface area contributed by atoms with Gasteiger partial charge in [-0.1, -0.05) is 119 Å². The lowest BCUT2D eigenvalue weighted by Gasteiger charge is -2.29. The molecule has 0 bridgehead atoms.